The first-order chi connectivity index (χ1) is 9.49. The average Bonchev–Trinajstić information content (AvgIpc) is 2.39. The third-order valence-corrected chi connectivity index (χ3v) is 3.24. The first-order valence-corrected chi connectivity index (χ1v) is 7.16. The van der Waals surface area contributed by atoms with Crippen molar-refractivity contribution in [3.05, 3.63) is 35.9 Å². The molecule has 0 aliphatic rings. The molecule has 112 valence electrons. The van der Waals surface area contributed by atoms with Crippen molar-refractivity contribution in [2.45, 2.75) is 32.9 Å². The minimum absolute atomic E-state index is 0.000567. The van der Waals surface area contributed by atoms with Crippen LogP contribution in [0.3, 0.4) is 0 Å². The van der Waals surface area contributed by atoms with E-state index in [0.717, 1.165) is 6.54 Å². The summed E-state index contributed by atoms with van der Waals surface area (Å²) in [5.41, 5.74) is 1.19. The van der Waals surface area contributed by atoms with E-state index in [1.165, 1.54) is 5.56 Å². The van der Waals surface area contributed by atoms with Gasteiger partial charge in [-0.25, -0.2) is 0 Å². The van der Waals surface area contributed by atoms with Crippen molar-refractivity contribution in [1.82, 2.24) is 10.2 Å². The highest BCUT2D eigenvalue weighted by atomic mass is 16.3. The molecule has 1 aromatic rings. The summed E-state index contributed by atoms with van der Waals surface area (Å²) < 4.78 is 0. The second-order valence-electron chi connectivity index (χ2n) is 5.61. The summed E-state index contributed by atoms with van der Waals surface area (Å²) in [6.45, 7) is 5.59. The summed E-state index contributed by atoms with van der Waals surface area (Å²) in [5, 5.41) is 12.5. The number of nitrogens with one attached hydrogen (secondary N) is 1. The van der Waals surface area contributed by atoms with Crippen LogP contribution >= 0.6 is 0 Å². The Morgan fingerprint density at radius 2 is 1.95 bits per heavy atom. The Labute approximate surface area is 121 Å². The van der Waals surface area contributed by atoms with Gasteiger partial charge < -0.3 is 10.4 Å². The molecule has 0 heterocycles. The summed E-state index contributed by atoms with van der Waals surface area (Å²) in [7, 11) is 1.93. The highest BCUT2D eigenvalue weighted by Gasteiger charge is 2.10. The van der Waals surface area contributed by atoms with Crippen molar-refractivity contribution in [2.24, 2.45) is 5.92 Å². The molecule has 4 heteroatoms. The molecule has 1 atom stereocenters. The van der Waals surface area contributed by atoms with Crippen LogP contribution < -0.4 is 5.32 Å². The van der Waals surface area contributed by atoms with Gasteiger partial charge in [0, 0.05) is 13.1 Å². The SMILES string of the molecule is CC(C)C(O)CCNC(=O)CN(C)Cc1ccccc1. The number of nitrogens with zero attached hydrogens (tertiary/aromatic N) is 1. The topological polar surface area (TPSA) is 52.6 Å². The lowest BCUT2D eigenvalue weighted by Gasteiger charge is -2.17. The van der Waals surface area contributed by atoms with Gasteiger partial charge in [-0.1, -0.05) is 44.2 Å². The number of amides is 1. The lowest BCUT2D eigenvalue weighted by atomic mass is 10.0. The van der Waals surface area contributed by atoms with Crippen LogP contribution in [0.25, 0.3) is 0 Å². The highest BCUT2D eigenvalue weighted by Crippen LogP contribution is 2.04. The molecule has 0 spiro atoms. The van der Waals surface area contributed by atoms with Gasteiger partial charge in [-0.3, -0.25) is 9.69 Å². The van der Waals surface area contributed by atoms with Crippen LogP contribution in [0.5, 0.6) is 0 Å². The molecule has 0 saturated heterocycles. The molecule has 0 bridgehead atoms. The van der Waals surface area contributed by atoms with Gasteiger partial charge in [0.2, 0.25) is 5.91 Å². The Morgan fingerprint density at radius 3 is 2.55 bits per heavy atom. The molecule has 20 heavy (non-hydrogen) atoms. The molecule has 4 nitrogen and oxygen atoms in total. The van der Waals surface area contributed by atoms with Crippen LogP contribution in [0.2, 0.25) is 0 Å². The molecule has 1 unspecified atom stereocenters. The van der Waals surface area contributed by atoms with Crippen LogP contribution in [0, 0.1) is 5.92 Å². The number of likely N-dealkylation sites (N-methyl/N-ethyl adjacent to an activating group) is 1. The predicted octanol–water partition coefficient (Wildman–Crippen LogP) is 1.64. The minimum Gasteiger partial charge on any atom is -0.393 e. The van der Waals surface area contributed by atoms with Crippen LogP contribution in [0.4, 0.5) is 0 Å². The molecule has 0 fully saturated rings. The number of hydrogen-bond acceptors (Lipinski definition) is 3. The number of aliphatic hydroxyl groups excluding tert-OH is 1. The maximum atomic E-state index is 11.8. The van der Waals surface area contributed by atoms with Gasteiger partial charge in [0.25, 0.3) is 0 Å². The maximum absolute atomic E-state index is 11.8. The molecule has 0 saturated carbocycles. The number of carbonyl (C=O) groups excluding carboxylic acids is 1. The van der Waals surface area contributed by atoms with Crippen LogP contribution in [0.1, 0.15) is 25.8 Å². The van der Waals surface area contributed by atoms with Gasteiger partial charge >= 0.3 is 0 Å². The maximum Gasteiger partial charge on any atom is 0.234 e. The van der Waals surface area contributed by atoms with Gasteiger partial charge in [-0.15, -0.1) is 0 Å². The van der Waals surface area contributed by atoms with Gasteiger partial charge in [-0.2, -0.15) is 0 Å². The largest absolute Gasteiger partial charge is 0.393 e. The fraction of sp³-hybridized carbons (Fsp3) is 0.562. The molecule has 1 amide bonds. The normalized spacial score (nSPS) is 12.7. The number of benzene rings is 1. The van der Waals surface area contributed by atoms with Crippen molar-refractivity contribution in [3.63, 3.8) is 0 Å². The summed E-state index contributed by atoms with van der Waals surface area (Å²) in [4.78, 5) is 13.7. The van der Waals surface area contributed by atoms with Crippen LogP contribution in [-0.4, -0.2) is 42.2 Å². The third-order valence-electron chi connectivity index (χ3n) is 3.24. The molecular weight excluding hydrogens is 252 g/mol. The zero-order chi connectivity index (χ0) is 15.0. The summed E-state index contributed by atoms with van der Waals surface area (Å²) >= 11 is 0. The fourth-order valence-electron chi connectivity index (χ4n) is 1.94. The van der Waals surface area contributed by atoms with Crippen molar-refractivity contribution in [2.75, 3.05) is 20.1 Å². The van der Waals surface area contributed by atoms with Crippen molar-refractivity contribution >= 4 is 5.91 Å². The highest BCUT2D eigenvalue weighted by molar-refractivity contribution is 5.77. The van der Waals surface area contributed by atoms with E-state index in [2.05, 4.69) is 5.32 Å². The Morgan fingerprint density at radius 1 is 1.30 bits per heavy atom. The molecule has 0 aliphatic heterocycles. The van der Waals surface area contributed by atoms with E-state index >= 15 is 0 Å². The van der Waals surface area contributed by atoms with Gasteiger partial charge in [0.15, 0.2) is 0 Å². The lowest BCUT2D eigenvalue weighted by molar-refractivity contribution is -0.122. The van der Waals surface area contributed by atoms with E-state index in [1.807, 2.05) is 56.1 Å². The Bertz CT molecular complexity index is 393. The van der Waals surface area contributed by atoms with E-state index in [0.29, 0.717) is 19.5 Å². The van der Waals surface area contributed by atoms with E-state index in [9.17, 15) is 9.90 Å². The predicted molar refractivity (Wildman–Crippen MR) is 81.2 cm³/mol. The summed E-state index contributed by atoms with van der Waals surface area (Å²) in [5.74, 6) is 0.229. The molecule has 1 aromatic carbocycles. The van der Waals surface area contributed by atoms with Crippen LogP contribution in [-0.2, 0) is 11.3 Å². The smallest absolute Gasteiger partial charge is 0.234 e. The zero-order valence-corrected chi connectivity index (χ0v) is 12.7. The van der Waals surface area contributed by atoms with Crippen molar-refractivity contribution < 1.29 is 9.90 Å². The van der Waals surface area contributed by atoms with E-state index in [4.69, 9.17) is 0 Å². The standard InChI is InChI=1S/C16H26N2O2/c1-13(2)15(19)9-10-17-16(20)12-18(3)11-14-7-5-4-6-8-14/h4-8,13,15,19H,9-12H2,1-3H3,(H,17,20). The quantitative estimate of drug-likeness (QED) is 0.760. The Balaban J connectivity index is 2.21. The zero-order valence-electron chi connectivity index (χ0n) is 12.7. The minimum atomic E-state index is -0.350. The van der Waals surface area contributed by atoms with Crippen molar-refractivity contribution in [1.29, 1.82) is 0 Å². The molecule has 1 rings (SSSR count). The lowest BCUT2D eigenvalue weighted by Crippen LogP contribution is -2.36. The van der Waals surface area contributed by atoms with E-state index in [1.54, 1.807) is 0 Å². The number of aliphatic hydroxyl groups is 1. The number of hydrogen-bond donors (Lipinski definition) is 2. The number of rotatable bonds is 8. The first kappa shape index (κ1) is 16.7. The fourth-order valence-corrected chi connectivity index (χ4v) is 1.94. The Kier molecular flexibility index (Phi) is 7.26. The number of carbonyl (C=O) groups is 1. The van der Waals surface area contributed by atoms with E-state index < -0.39 is 0 Å². The average molecular weight is 278 g/mol. The van der Waals surface area contributed by atoms with Gasteiger partial charge in [0.05, 0.1) is 12.6 Å². The summed E-state index contributed by atoms with van der Waals surface area (Å²) in [6.07, 6.45) is 0.253. The summed E-state index contributed by atoms with van der Waals surface area (Å²) in [6, 6.07) is 10.1. The van der Waals surface area contributed by atoms with Gasteiger partial charge in [-0.05, 0) is 24.9 Å². The molecule has 0 radical (unpaired) electrons. The molecule has 0 aromatic heterocycles. The van der Waals surface area contributed by atoms with Gasteiger partial charge in [0.1, 0.15) is 0 Å². The molecular formula is C16H26N2O2. The second-order valence-corrected chi connectivity index (χ2v) is 5.61. The van der Waals surface area contributed by atoms with E-state index in [-0.39, 0.29) is 17.9 Å². The monoisotopic (exact) mass is 278 g/mol. The molecule has 0 aliphatic carbocycles. The third kappa shape index (κ3) is 6.68. The first-order valence-electron chi connectivity index (χ1n) is 7.16. The van der Waals surface area contributed by atoms with Crippen molar-refractivity contribution in [3.8, 4) is 0 Å². The second kappa shape index (κ2) is 8.72. The Hall–Kier alpha value is -1.39. The van der Waals surface area contributed by atoms with Crippen LogP contribution in [0.15, 0.2) is 30.3 Å². The molecule has 2 N–H and O–H groups in total.